The van der Waals surface area contributed by atoms with Crippen LogP contribution >= 0.6 is 0 Å². The molecule has 2 N–H and O–H groups in total. The molecule has 0 aliphatic heterocycles. The SMILES string of the molecule is C[C@@H](O)c1noc([C@H]2C[C@H](NC(=O)c3cc(-c4ccccc4)on3)C2)n1. The molecule has 1 amide bonds. The molecule has 1 aromatic carbocycles. The van der Waals surface area contributed by atoms with Crippen LogP contribution in [0.5, 0.6) is 0 Å². The fourth-order valence-electron chi connectivity index (χ4n) is 2.90. The second-order valence-electron chi connectivity index (χ2n) is 6.45. The van der Waals surface area contributed by atoms with E-state index in [4.69, 9.17) is 9.05 Å². The number of hydrogen-bond acceptors (Lipinski definition) is 7. The molecule has 0 unspecified atom stereocenters. The number of aliphatic hydroxyl groups is 1. The normalized spacial score (nSPS) is 20.4. The summed E-state index contributed by atoms with van der Waals surface area (Å²) >= 11 is 0. The van der Waals surface area contributed by atoms with Crippen LogP contribution in [0.4, 0.5) is 0 Å². The maximum absolute atomic E-state index is 12.3. The topological polar surface area (TPSA) is 114 Å². The molecule has 1 fully saturated rings. The molecule has 26 heavy (non-hydrogen) atoms. The number of nitrogens with one attached hydrogen (secondary N) is 1. The summed E-state index contributed by atoms with van der Waals surface area (Å²) in [5.41, 5.74) is 1.12. The third-order valence-corrected chi connectivity index (χ3v) is 4.45. The molecule has 1 atom stereocenters. The molecule has 0 radical (unpaired) electrons. The summed E-state index contributed by atoms with van der Waals surface area (Å²) in [6, 6.07) is 11.1. The minimum atomic E-state index is -0.756. The van der Waals surface area contributed by atoms with E-state index in [0.717, 1.165) is 5.56 Å². The first-order chi connectivity index (χ1) is 12.6. The van der Waals surface area contributed by atoms with Gasteiger partial charge in [0, 0.05) is 23.6 Å². The number of amides is 1. The standard InChI is InChI=1S/C18H18N4O4/c1-10(23)16-20-18(26-22-16)12-7-13(8-12)19-17(24)14-9-15(25-21-14)11-5-3-2-4-6-11/h2-6,9-10,12-13,23H,7-8H2,1H3,(H,19,24)/t10-,12-,13-/m1/s1. The summed E-state index contributed by atoms with van der Waals surface area (Å²) in [6.45, 7) is 1.58. The van der Waals surface area contributed by atoms with Crippen LogP contribution < -0.4 is 5.32 Å². The highest BCUT2D eigenvalue weighted by Gasteiger charge is 2.36. The first-order valence-electron chi connectivity index (χ1n) is 8.44. The smallest absolute Gasteiger partial charge is 0.273 e. The van der Waals surface area contributed by atoms with E-state index in [0.29, 0.717) is 24.5 Å². The highest BCUT2D eigenvalue weighted by atomic mass is 16.5. The third-order valence-electron chi connectivity index (χ3n) is 4.45. The van der Waals surface area contributed by atoms with Gasteiger partial charge in [-0.3, -0.25) is 4.79 Å². The molecule has 0 spiro atoms. The van der Waals surface area contributed by atoms with Crippen molar-refractivity contribution in [2.24, 2.45) is 0 Å². The van der Waals surface area contributed by atoms with E-state index in [1.165, 1.54) is 0 Å². The molecule has 2 heterocycles. The van der Waals surface area contributed by atoms with Gasteiger partial charge in [0.15, 0.2) is 17.3 Å². The van der Waals surface area contributed by atoms with Gasteiger partial charge in [-0.2, -0.15) is 4.98 Å². The fourth-order valence-corrected chi connectivity index (χ4v) is 2.90. The molecular weight excluding hydrogens is 336 g/mol. The first kappa shape index (κ1) is 16.5. The number of aliphatic hydroxyl groups excluding tert-OH is 1. The van der Waals surface area contributed by atoms with Crippen LogP contribution in [0.3, 0.4) is 0 Å². The number of carbonyl (C=O) groups excluding carboxylic acids is 1. The molecule has 1 aliphatic rings. The van der Waals surface area contributed by atoms with Crippen molar-refractivity contribution in [1.29, 1.82) is 0 Å². The average Bonchev–Trinajstić information content (AvgIpc) is 3.28. The Bertz CT molecular complexity index is 897. The van der Waals surface area contributed by atoms with Gasteiger partial charge < -0.3 is 19.5 Å². The van der Waals surface area contributed by atoms with Gasteiger partial charge >= 0.3 is 0 Å². The van der Waals surface area contributed by atoms with Gasteiger partial charge in [0.05, 0.1) is 0 Å². The van der Waals surface area contributed by atoms with Gasteiger partial charge in [0.1, 0.15) is 6.10 Å². The van der Waals surface area contributed by atoms with Crippen LogP contribution in [0, 0.1) is 0 Å². The molecule has 4 rings (SSSR count). The lowest BCUT2D eigenvalue weighted by Crippen LogP contribution is -2.43. The molecule has 134 valence electrons. The lowest BCUT2D eigenvalue weighted by atomic mass is 9.80. The summed E-state index contributed by atoms with van der Waals surface area (Å²) < 4.78 is 10.4. The Morgan fingerprint density at radius 2 is 2.00 bits per heavy atom. The zero-order valence-electron chi connectivity index (χ0n) is 14.1. The third kappa shape index (κ3) is 3.23. The predicted octanol–water partition coefficient (Wildman–Crippen LogP) is 2.45. The van der Waals surface area contributed by atoms with Crippen molar-refractivity contribution in [3.05, 3.63) is 53.8 Å². The Morgan fingerprint density at radius 1 is 1.23 bits per heavy atom. The first-order valence-corrected chi connectivity index (χ1v) is 8.44. The number of carbonyl (C=O) groups is 1. The van der Waals surface area contributed by atoms with Crippen LogP contribution in [-0.2, 0) is 0 Å². The number of aromatic nitrogens is 3. The molecule has 2 aromatic heterocycles. The Labute approximate surface area is 149 Å². The van der Waals surface area contributed by atoms with E-state index in [1.54, 1.807) is 13.0 Å². The van der Waals surface area contributed by atoms with Crippen LogP contribution in [0.15, 0.2) is 45.4 Å². The largest absolute Gasteiger partial charge is 0.385 e. The van der Waals surface area contributed by atoms with Crippen molar-refractivity contribution >= 4 is 5.91 Å². The summed E-state index contributed by atoms with van der Waals surface area (Å²) in [4.78, 5) is 16.5. The molecule has 0 bridgehead atoms. The number of nitrogens with zero attached hydrogens (tertiary/aromatic N) is 3. The monoisotopic (exact) mass is 354 g/mol. The zero-order valence-corrected chi connectivity index (χ0v) is 14.1. The second-order valence-corrected chi connectivity index (χ2v) is 6.45. The molecule has 8 heteroatoms. The van der Waals surface area contributed by atoms with Crippen molar-refractivity contribution in [2.45, 2.75) is 37.8 Å². The molecule has 1 saturated carbocycles. The second kappa shape index (κ2) is 6.72. The lowest BCUT2D eigenvalue weighted by molar-refractivity contribution is 0.0892. The zero-order chi connectivity index (χ0) is 18.1. The summed E-state index contributed by atoms with van der Waals surface area (Å²) in [7, 11) is 0. The van der Waals surface area contributed by atoms with Crippen molar-refractivity contribution in [1.82, 2.24) is 20.6 Å². The predicted molar refractivity (Wildman–Crippen MR) is 90.1 cm³/mol. The van der Waals surface area contributed by atoms with E-state index in [9.17, 15) is 9.90 Å². The van der Waals surface area contributed by atoms with Crippen molar-refractivity contribution in [3.63, 3.8) is 0 Å². The maximum Gasteiger partial charge on any atom is 0.273 e. The molecule has 3 aromatic rings. The molecule has 0 saturated heterocycles. The Hall–Kier alpha value is -3.00. The highest BCUT2D eigenvalue weighted by Crippen LogP contribution is 2.36. The number of hydrogen-bond donors (Lipinski definition) is 2. The van der Waals surface area contributed by atoms with Gasteiger partial charge in [-0.25, -0.2) is 0 Å². The van der Waals surface area contributed by atoms with Gasteiger partial charge in [-0.1, -0.05) is 40.6 Å². The van der Waals surface area contributed by atoms with Crippen LogP contribution in [0.2, 0.25) is 0 Å². The van der Waals surface area contributed by atoms with E-state index < -0.39 is 6.10 Å². The highest BCUT2D eigenvalue weighted by molar-refractivity contribution is 5.93. The average molecular weight is 354 g/mol. The Balaban J connectivity index is 1.33. The van der Waals surface area contributed by atoms with E-state index in [2.05, 4.69) is 20.6 Å². The summed E-state index contributed by atoms with van der Waals surface area (Å²) in [5, 5.41) is 19.9. The van der Waals surface area contributed by atoms with Gasteiger partial charge in [0.25, 0.3) is 5.91 Å². The van der Waals surface area contributed by atoms with Gasteiger partial charge in [0.2, 0.25) is 5.89 Å². The van der Waals surface area contributed by atoms with Crippen molar-refractivity contribution < 1.29 is 18.9 Å². The minimum absolute atomic E-state index is 0.0197. The molecule has 8 nitrogen and oxygen atoms in total. The molecule has 1 aliphatic carbocycles. The fraction of sp³-hybridized carbons (Fsp3) is 0.333. The lowest BCUT2D eigenvalue weighted by Gasteiger charge is -2.33. The Morgan fingerprint density at radius 3 is 2.69 bits per heavy atom. The number of benzene rings is 1. The van der Waals surface area contributed by atoms with Crippen LogP contribution in [0.1, 0.15) is 54.0 Å². The van der Waals surface area contributed by atoms with Crippen molar-refractivity contribution in [3.8, 4) is 11.3 Å². The van der Waals surface area contributed by atoms with Crippen molar-refractivity contribution in [2.75, 3.05) is 0 Å². The van der Waals surface area contributed by atoms with E-state index in [-0.39, 0.29) is 29.4 Å². The van der Waals surface area contributed by atoms with Crippen LogP contribution in [0.25, 0.3) is 11.3 Å². The summed E-state index contributed by atoms with van der Waals surface area (Å²) in [5.74, 6) is 1.16. The quantitative estimate of drug-likeness (QED) is 0.723. The summed E-state index contributed by atoms with van der Waals surface area (Å²) in [6.07, 6.45) is 0.654. The van der Waals surface area contributed by atoms with Crippen LogP contribution in [-0.4, -0.2) is 32.4 Å². The molecular formula is C18H18N4O4. The Kier molecular flexibility index (Phi) is 4.26. The van der Waals surface area contributed by atoms with E-state index >= 15 is 0 Å². The van der Waals surface area contributed by atoms with Gasteiger partial charge in [-0.05, 0) is 19.8 Å². The van der Waals surface area contributed by atoms with E-state index in [1.807, 2.05) is 30.3 Å². The number of rotatable bonds is 5. The maximum atomic E-state index is 12.3. The minimum Gasteiger partial charge on any atom is -0.385 e. The van der Waals surface area contributed by atoms with Gasteiger partial charge in [-0.15, -0.1) is 0 Å².